The summed E-state index contributed by atoms with van der Waals surface area (Å²) in [6, 6.07) is 4.73. The van der Waals surface area contributed by atoms with Crippen LogP contribution in [0.15, 0.2) is 35.2 Å². The van der Waals surface area contributed by atoms with Gasteiger partial charge in [0.1, 0.15) is 5.82 Å². The van der Waals surface area contributed by atoms with E-state index in [1.807, 2.05) is 10.8 Å². The first-order chi connectivity index (χ1) is 9.69. The second-order valence-corrected chi connectivity index (χ2v) is 5.63. The molecule has 1 N–H and O–H groups in total. The topological polar surface area (TPSA) is 29.9 Å². The van der Waals surface area contributed by atoms with E-state index in [0.29, 0.717) is 6.54 Å². The predicted octanol–water partition coefficient (Wildman–Crippen LogP) is 3.38. The Kier molecular flexibility index (Phi) is 5.73. The van der Waals surface area contributed by atoms with Crippen LogP contribution in [0, 0.1) is 5.82 Å². The zero-order chi connectivity index (χ0) is 14.4. The summed E-state index contributed by atoms with van der Waals surface area (Å²) in [6.45, 7) is 4.75. The Balaban J connectivity index is 1.93. The number of halogens is 2. The fraction of sp³-hybridized carbons (Fsp3) is 0.400. The van der Waals surface area contributed by atoms with Gasteiger partial charge in [0.25, 0.3) is 0 Å². The van der Waals surface area contributed by atoms with Crippen molar-refractivity contribution < 1.29 is 4.39 Å². The molecule has 1 heterocycles. The van der Waals surface area contributed by atoms with Gasteiger partial charge in [-0.1, -0.05) is 22.9 Å². The van der Waals surface area contributed by atoms with Crippen LogP contribution in [-0.4, -0.2) is 22.6 Å². The molecule has 2 aromatic rings. The Bertz CT molecular complexity index is 554. The molecule has 0 saturated heterocycles. The Labute approximate surface area is 127 Å². The van der Waals surface area contributed by atoms with Crippen molar-refractivity contribution in [3.05, 3.63) is 52.3 Å². The molecule has 108 valence electrons. The summed E-state index contributed by atoms with van der Waals surface area (Å²) in [7, 11) is 0. The number of nitrogens with zero attached hydrogens (tertiary/aromatic N) is 2. The molecule has 3 nitrogen and oxygen atoms in total. The minimum Gasteiger partial charge on any atom is -0.333 e. The average Bonchev–Trinajstić information content (AvgIpc) is 2.87. The van der Waals surface area contributed by atoms with Crippen LogP contribution in [0.2, 0.25) is 0 Å². The van der Waals surface area contributed by atoms with E-state index in [2.05, 4.69) is 33.2 Å². The summed E-state index contributed by atoms with van der Waals surface area (Å²) in [5, 5.41) is 3.35. The highest BCUT2D eigenvalue weighted by atomic mass is 79.9. The molecule has 0 amide bonds. The van der Waals surface area contributed by atoms with Crippen LogP contribution in [0.1, 0.15) is 24.6 Å². The van der Waals surface area contributed by atoms with Crippen molar-refractivity contribution in [2.45, 2.75) is 26.3 Å². The molecule has 0 aliphatic carbocycles. The molecule has 0 aliphatic heterocycles. The molecule has 0 atom stereocenters. The van der Waals surface area contributed by atoms with Crippen molar-refractivity contribution in [2.75, 3.05) is 13.1 Å². The van der Waals surface area contributed by atoms with Gasteiger partial charge >= 0.3 is 0 Å². The molecule has 1 aromatic carbocycles. The highest BCUT2D eigenvalue weighted by molar-refractivity contribution is 9.10. The van der Waals surface area contributed by atoms with E-state index >= 15 is 0 Å². The lowest BCUT2D eigenvalue weighted by Crippen LogP contribution is -2.17. The lowest BCUT2D eigenvalue weighted by molar-refractivity contribution is 0.623. The molecular formula is C15H19BrFN3. The summed E-state index contributed by atoms with van der Waals surface area (Å²) >= 11 is 3.44. The second kappa shape index (κ2) is 7.55. The van der Waals surface area contributed by atoms with Crippen molar-refractivity contribution in [3.8, 4) is 0 Å². The number of aromatic nitrogens is 2. The highest BCUT2D eigenvalue weighted by Gasteiger charge is 2.04. The molecule has 20 heavy (non-hydrogen) atoms. The van der Waals surface area contributed by atoms with Gasteiger partial charge < -0.3 is 9.88 Å². The van der Waals surface area contributed by atoms with Crippen molar-refractivity contribution >= 4 is 15.9 Å². The van der Waals surface area contributed by atoms with E-state index in [1.165, 1.54) is 6.07 Å². The molecular weight excluding hydrogens is 321 g/mol. The van der Waals surface area contributed by atoms with E-state index in [9.17, 15) is 4.39 Å². The van der Waals surface area contributed by atoms with E-state index in [-0.39, 0.29) is 5.82 Å². The SMILES string of the molecule is CCCNCCc1cn(Cc2cc(F)ccc2Br)cn1. The molecule has 0 unspecified atom stereocenters. The van der Waals surface area contributed by atoms with Gasteiger partial charge in [0, 0.05) is 30.2 Å². The molecule has 0 radical (unpaired) electrons. The van der Waals surface area contributed by atoms with Gasteiger partial charge in [0.2, 0.25) is 0 Å². The van der Waals surface area contributed by atoms with Gasteiger partial charge in [-0.2, -0.15) is 0 Å². The first-order valence-electron chi connectivity index (χ1n) is 6.84. The van der Waals surface area contributed by atoms with Crippen molar-refractivity contribution in [1.29, 1.82) is 0 Å². The van der Waals surface area contributed by atoms with Gasteiger partial charge in [-0.25, -0.2) is 9.37 Å². The number of hydrogen-bond donors (Lipinski definition) is 1. The second-order valence-electron chi connectivity index (χ2n) is 4.77. The zero-order valence-corrected chi connectivity index (χ0v) is 13.2. The monoisotopic (exact) mass is 339 g/mol. The molecule has 5 heteroatoms. The maximum absolute atomic E-state index is 13.2. The van der Waals surface area contributed by atoms with Gasteiger partial charge in [-0.05, 0) is 36.7 Å². The van der Waals surface area contributed by atoms with Crippen molar-refractivity contribution in [3.63, 3.8) is 0 Å². The smallest absolute Gasteiger partial charge is 0.123 e. The van der Waals surface area contributed by atoms with Crippen LogP contribution < -0.4 is 5.32 Å². The fourth-order valence-electron chi connectivity index (χ4n) is 2.00. The van der Waals surface area contributed by atoms with E-state index < -0.39 is 0 Å². The Morgan fingerprint density at radius 2 is 2.20 bits per heavy atom. The normalized spacial score (nSPS) is 10.9. The number of benzene rings is 1. The summed E-state index contributed by atoms with van der Waals surface area (Å²) in [6.07, 6.45) is 5.87. The summed E-state index contributed by atoms with van der Waals surface area (Å²) < 4.78 is 16.1. The maximum atomic E-state index is 13.2. The summed E-state index contributed by atoms with van der Waals surface area (Å²) in [4.78, 5) is 4.38. The highest BCUT2D eigenvalue weighted by Crippen LogP contribution is 2.19. The molecule has 0 aliphatic rings. The van der Waals surface area contributed by atoms with Gasteiger partial charge in [0.15, 0.2) is 0 Å². The van der Waals surface area contributed by atoms with E-state index in [0.717, 1.165) is 41.7 Å². The van der Waals surface area contributed by atoms with Gasteiger partial charge in [-0.3, -0.25) is 0 Å². The van der Waals surface area contributed by atoms with Crippen LogP contribution in [0.5, 0.6) is 0 Å². The molecule has 0 spiro atoms. The quantitative estimate of drug-likeness (QED) is 0.783. The molecule has 1 aromatic heterocycles. The molecule has 2 rings (SSSR count). The zero-order valence-electron chi connectivity index (χ0n) is 11.6. The van der Waals surface area contributed by atoms with Gasteiger partial charge in [-0.15, -0.1) is 0 Å². The summed E-state index contributed by atoms with van der Waals surface area (Å²) in [5.74, 6) is -0.215. The van der Waals surface area contributed by atoms with E-state index in [1.54, 1.807) is 18.5 Å². The van der Waals surface area contributed by atoms with Crippen LogP contribution >= 0.6 is 15.9 Å². The fourth-order valence-corrected chi connectivity index (χ4v) is 2.37. The maximum Gasteiger partial charge on any atom is 0.123 e. The first-order valence-corrected chi connectivity index (χ1v) is 7.63. The number of imidazole rings is 1. The molecule has 0 saturated carbocycles. The van der Waals surface area contributed by atoms with Crippen molar-refractivity contribution in [1.82, 2.24) is 14.9 Å². The van der Waals surface area contributed by atoms with Crippen molar-refractivity contribution in [2.24, 2.45) is 0 Å². The van der Waals surface area contributed by atoms with Crippen LogP contribution in [-0.2, 0) is 13.0 Å². The minimum absolute atomic E-state index is 0.215. The Morgan fingerprint density at radius 3 is 3.00 bits per heavy atom. The third-order valence-electron chi connectivity index (χ3n) is 3.03. The lowest BCUT2D eigenvalue weighted by atomic mass is 10.2. The summed E-state index contributed by atoms with van der Waals surface area (Å²) in [5.41, 5.74) is 1.97. The first kappa shape index (κ1) is 15.2. The largest absolute Gasteiger partial charge is 0.333 e. The standard InChI is InChI=1S/C15H19BrFN3/c1-2-6-18-7-5-14-10-20(11-19-14)9-12-8-13(17)3-4-15(12)16/h3-4,8,10-11,18H,2,5-7,9H2,1H3. The third kappa shape index (κ3) is 4.42. The number of hydrogen-bond acceptors (Lipinski definition) is 2. The Morgan fingerprint density at radius 1 is 1.35 bits per heavy atom. The average molecular weight is 340 g/mol. The predicted molar refractivity (Wildman–Crippen MR) is 82.3 cm³/mol. The van der Waals surface area contributed by atoms with Crippen LogP contribution in [0.3, 0.4) is 0 Å². The lowest BCUT2D eigenvalue weighted by Gasteiger charge is -2.05. The number of nitrogens with one attached hydrogen (secondary N) is 1. The third-order valence-corrected chi connectivity index (χ3v) is 3.81. The van der Waals surface area contributed by atoms with Crippen LogP contribution in [0.25, 0.3) is 0 Å². The molecule has 0 bridgehead atoms. The minimum atomic E-state index is -0.215. The number of rotatable bonds is 7. The van der Waals surface area contributed by atoms with Crippen LogP contribution in [0.4, 0.5) is 4.39 Å². The molecule has 0 fully saturated rings. The van der Waals surface area contributed by atoms with Gasteiger partial charge in [0.05, 0.1) is 12.0 Å². The van der Waals surface area contributed by atoms with E-state index in [4.69, 9.17) is 0 Å². The Hall–Kier alpha value is -1.20.